The van der Waals surface area contributed by atoms with E-state index >= 15 is 0 Å². The van der Waals surface area contributed by atoms with E-state index in [9.17, 15) is 0 Å². The van der Waals surface area contributed by atoms with Crippen LogP contribution in [0.3, 0.4) is 0 Å². The first-order valence-electron chi connectivity index (χ1n) is 7.11. The minimum atomic E-state index is 0.871. The molecule has 0 radical (unpaired) electrons. The molecule has 2 heteroatoms. The highest BCUT2D eigenvalue weighted by Gasteiger charge is 2.17. The number of nitrogens with one attached hydrogen (secondary N) is 1. The molecule has 0 amide bonds. The van der Waals surface area contributed by atoms with Crippen LogP contribution < -0.4 is 5.32 Å². The van der Waals surface area contributed by atoms with Gasteiger partial charge < -0.3 is 10.1 Å². The molecule has 0 heterocycles. The Hall–Kier alpha value is -0.0800. The molecular formula is C14H29NO. The summed E-state index contributed by atoms with van der Waals surface area (Å²) in [4.78, 5) is 0. The smallest absolute Gasteiger partial charge is 0.0590 e. The first-order valence-corrected chi connectivity index (χ1v) is 7.11. The van der Waals surface area contributed by atoms with Crippen LogP contribution in [0.15, 0.2) is 0 Å². The van der Waals surface area contributed by atoms with E-state index in [4.69, 9.17) is 4.74 Å². The van der Waals surface area contributed by atoms with Crippen LogP contribution in [-0.4, -0.2) is 26.3 Å². The van der Waals surface area contributed by atoms with Gasteiger partial charge in [0, 0.05) is 13.2 Å². The third-order valence-corrected chi connectivity index (χ3v) is 3.64. The zero-order chi connectivity index (χ0) is 11.6. The maximum atomic E-state index is 5.43. The second-order valence-corrected chi connectivity index (χ2v) is 5.28. The predicted octanol–water partition coefficient (Wildman–Crippen LogP) is 3.22. The highest BCUT2D eigenvalue weighted by atomic mass is 16.5. The molecule has 0 atom stereocenters. The maximum absolute atomic E-state index is 5.43. The Morgan fingerprint density at radius 2 is 1.81 bits per heavy atom. The number of rotatable bonds is 8. The predicted molar refractivity (Wildman–Crippen MR) is 69.7 cm³/mol. The molecule has 0 aromatic rings. The molecule has 0 spiro atoms. The summed E-state index contributed by atoms with van der Waals surface area (Å²) in [6.07, 6.45) is 8.29. The van der Waals surface area contributed by atoms with Crippen molar-refractivity contribution in [2.75, 3.05) is 26.3 Å². The minimum Gasteiger partial charge on any atom is -0.380 e. The normalized spacial score (nSPS) is 25.9. The van der Waals surface area contributed by atoms with Gasteiger partial charge >= 0.3 is 0 Å². The van der Waals surface area contributed by atoms with Gasteiger partial charge in [0.2, 0.25) is 0 Å². The molecule has 0 aliphatic heterocycles. The summed E-state index contributed by atoms with van der Waals surface area (Å²) in [6.45, 7) is 8.51. The first kappa shape index (κ1) is 14.0. The summed E-state index contributed by atoms with van der Waals surface area (Å²) in [5.74, 6) is 1.96. The van der Waals surface area contributed by atoms with Crippen molar-refractivity contribution >= 4 is 0 Å². The molecule has 1 aliphatic rings. The van der Waals surface area contributed by atoms with Crippen molar-refractivity contribution in [1.29, 1.82) is 0 Å². The van der Waals surface area contributed by atoms with Gasteiger partial charge in [-0.1, -0.05) is 39.5 Å². The van der Waals surface area contributed by atoms with Gasteiger partial charge in [-0.3, -0.25) is 0 Å². The van der Waals surface area contributed by atoms with Crippen LogP contribution in [0.25, 0.3) is 0 Å². The summed E-state index contributed by atoms with van der Waals surface area (Å²) >= 11 is 0. The van der Waals surface area contributed by atoms with E-state index in [1.54, 1.807) is 0 Å². The molecule has 16 heavy (non-hydrogen) atoms. The van der Waals surface area contributed by atoms with Crippen LogP contribution in [0.4, 0.5) is 0 Å². The Labute approximate surface area is 101 Å². The van der Waals surface area contributed by atoms with Gasteiger partial charge in [-0.05, 0) is 31.2 Å². The van der Waals surface area contributed by atoms with Gasteiger partial charge in [0.05, 0.1) is 6.61 Å². The van der Waals surface area contributed by atoms with E-state index in [-0.39, 0.29) is 0 Å². The molecule has 1 N–H and O–H groups in total. The Balaban J connectivity index is 1.84. The lowest BCUT2D eigenvalue weighted by Gasteiger charge is -2.26. The molecule has 0 unspecified atom stereocenters. The average molecular weight is 227 g/mol. The molecule has 1 aliphatic carbocycles. The zero-order valence-corrected chi connectivity index (χ0v) is 11.1. The quantitative estimate of drug-likeness (QED) is 0.643. The molecule has 2 nitrogen and oxygen atoms in total. The highest BCUT2D eigenvalue weighted by Crippen LogP contribution is 2.29. The standard InChI is InChI=1S/C14H29NO/c1-3-11-16-12-10-15-9-8-14-6-4-13(2)5-7-14/h13-15H,3-12H2,1-2H3. The van der Waals surface area contributed by atoms with Crippen molar-refractivity contribution in [2.24, 2.45) is 11.8 Å². The summed E-state index contributed by atoms with van der Waals surface area (Å²) in [7, 11) is 0. The second kappa shape index (κ2) is 9.00. The molecule has 0 bridgehead atoms. The van der Waals surface area contributed by atoms with E-state index in [0.717, 1.165) is 38.0 Å². The van der Waals surface area contributed by atoms with Crippen molar-refractivity contribution in [3.05, 3.63) is 0 Å². The van der Waals surface area contributed by atoms with Crippen LogP contribution in [0.1, 0.15) is 52.4 Å². The highest BCUT2D eigenvalue weighted by molar-refractivity contribution is 4.70. The molecular weight excluding hydrogens is 198 g/mol. The van der Waals surface area contributed by atoms with Crippen molar-refractivity contribution in [3.8, 4) is 0 Å². The molecule has 1 rings (SSSR count). The van der Waals surface area contributed by atoms with E-state index < -0.39 is 0 Å². The van der Waals surface area contributed by atoms with E-state index in [2.05, 4.69) is 19.2 Å². The average Bonchev–Trinajstić information content (AvgIpc) is 2.30. The molecule has 0 saturated heterocycles. The number of ether oxygens (including phenoxy) is 1. The molecule has 0 aromatic carbocycles. The van der Waals surface area contributed by atoms with Crippen LogP contribution in [-0.2, 0) is 4.74 Å². The van der Waals surface area contributed by atoms with Gasteiger partial charge in [0.15, 0.2) is 0 Å². The van der Waals surface area contributed by atoms with Gasteiger partial charge in [-0.25, -0.2) is 0 Å². The largest absolute Gasteiger partial charge is 0.380 e. The van der Waals surface area contributed by atoms with Gasteiger partial charge in [0.1, 0.15) is 0 Å². The van der Waals surface area contributed by atoms with Crippen molar-refractivity contribution in [1.82, 2.24) is 5.32 Å². The van der Waals surface area contributed by atoms with Crippen LogP contribution in [0.2, 0.25) is 0 Å². The lowest BCUT2D eigenvalue weighted by atomic mass is 9.81. The fourth-order valence-corrected chi connectivity index (χ4v) is 2.44. The van der Waals surface area contributed by atoms with Gasteiger partial charge in [-0.2, -0.15) is 0 Å². The SMILES string of the molecule is CCCOCCNCCC1CCC(C)CC1. The van der Waals surface area contributed by atoms with E-state index in [1.807, 2.05) is 0 Å². The fraction of sp³-hybridized carbons (Fsp3) is 1.00. The van der Waals surface area contributed by atoms with E-state index in [1.165, 1.54) is 38.6 Å². The van der Waals surface area contributed by atoms with Crippen LogP contribution in [0, 0.1) is 11.8 Å². The Morgan fingerprint density at radius 1 is 1.06 bits per heavy atom. The molecule has 1 saturated carbocycles. The summed E-state index contributed by atoms with van der Waals surface area (Å²) in [5.41, 5.74) is 0. The number of hydrogen-bond donors (Lipinski definition) is 1. The summed E-state index contributed by atoms with van der Waals surface area (Å²) in [6, 6.07) is 0. The third kappa shape index (κ3) is 6.49. The lowest BCUT2D eigenvalue weighted by molar-refractivity contribution is 0.136. The number of hydrogen-bond acceptors (Lipinski definition) is 2. The molecule has 1 fully saturated rings. The molecule has 96 valence electrons. The Bertz CT molecular complexity index is 153. The Kier molecular flexibility index (Phi) is 7.87. The Morgan fingerprint density at radius 3 is 2.50 bits per heavy atom. The molecule has 0 aromatic heterocycles. The third-order valence-electron chi connectivity index (χ3n) is 3.64. The maximum Gasteiger partial charge on any atom is 0.0590 e. The zero-order valence-electron chi connectivity index (χ0n) is 11.1. The minimum absolute atomic E-state index is 0.871. The lowest BCUT2D eigenvalue weighted by Crippen LogP contribution is -2.24. The van der Waals surface area contributed by atoms with Crippen molar-refractivity contribution in [2.45, 2.75) is 52.4 Å². The fourth-order valence-electron chi connectivity index (χ4n) is 2.44. The first-order chi connectivity index (χ1) is 7.83. The second-order valence-electron chi connectivity index (χ2n) is 5.28. The van der Waals surface area contributed by atoms with Crippen LogP contribution >= 0.6 is 0 Å². The van der Waals surface area contributed by atoms with E-state index in [0.29, 0.717) is 0 Å². The monoisotopic (exact) mass is 227 g/mol. The summed E-state index contributed by atoms with van der Waals surface area (Å²) < 4.78 is 5.43. The van der Waals surface area contributed by atoms with Gasteiger partial charge in [0.25, 0.3) is 0 Å². The van der Waals surface area contributed by atoms with Crippen LogP contribution in [0.5, 0.6) is 0 Å². The van der Waals surface area contributed by atoms with Crippen molar-refractivity contribution in [3.63, 3.8) is 0 Å². The van der Waals surface area contributed by atoms with Crippen molar-refractivity contribution < 1.29 is 4.74 Å². The van der Waals surface area contributed by atoms with Gasteiger partial charge in [-0.15, -0.1) is 0 Å². The summed E-state index contributed by atoms with van der Waals surface area (Å²) in [5, 5.41) is 3.48. The topological polar surface area (TPSA) is 21.3 Å².